The first-order valence-corrected chi connectivity index (χ1v) is 9.00. The van der Waals surface area contributed by atoms with E-state index in [9.17, 15) is 5.11 Å². The van der Waals surface area contributed by atoms with Crippen LogP contribution in [-0.2, 0) is 19.3 Å². The lowest BCUT2D eigenvalue weighted by Crippen LogP contribution is -2.07. The normalized spacial score (nSPS) is 12.6. The molecule has 0 saturated carbocycles. The van der Waals surface area contributed by atoms with Crippen molar-refractivity contribution in [2.24, 2.45) is 0 Å². The van der Waals surface area contributed by atoms with Crippen LogP contribution in [-0.4, -0.2) is 5.11 Å². The van der Waals surface area contributed by atoms with Gasteiger partial charge in [-0.05, 0) is 47.9 Å². The fourth-order valence-electron chi connectivity index (χ4n) is 3.15. The zero-order chi connectivity index (χ0) is 15.7. The summed E-state index contributed by atoms with van der Waals surface area (Å²) >= 11 is 0. The van der Waals surface area contributed by atoms with Gasteiger partial charge in [-0.1, -0.05) is 71.9 Å². The molecule has 1 aromatic rings. The quantitative estimate of drug-likeness (QED) is 0.542. The summed E-state index contributed by atoms with van der Waals surface area (Å²) in [6.07, 6.45) is 10.0. The minimum Gasteiger partial charge on any atom is -0.388 e. The molecule has 0 aliphatic carbocycles. The van der Waals surface area contributed by atoms with Gasteiger partial charge < -0.3 is 5.11 Å². The van der Waals surface area contributed by atoms with E-state index in [0.717, 1.165) is 32.1 Å². The molecule has 0 spiro atoms. The van der Waals surface area contributed by atoms with Crippen LogP contribution in [0.2, 0.25) is 0 Å². The maximum atomic E-state index is 10.7. The van der Waals surface area contributed by atoms with Crippen molar-refractivity contribution in [2.45, 2.75) is 91.6 Å². The Hall–Kier alpha value is -0.820. The highest BCUT2D eigenvalue weighted by atomic mass is 16.3. The molecule has 1 atom stereocenters. The number of rotatable bonds is 10. The van der Waals surface area contributed by atoms with Gasteiger partial charge in [0.05, 0.1) is 6.10 Å². The Bertz CT molecular complexity index is 383. The van der Waals surface area contributed by atoms with Gasteiger partial charge in [-0.25, -0.2) is 0 Å². The highest BCUT2D eigenvalue weighted by Crippen LogP contribution is 2.29. The van der Waals surface area contributed by atoms with Gasteiger partial charge in [-0.3, -0.25) is 0 Å². The molecule has 1 rings (SSSR count). The first-order chi connectivity index (χ1) is 10.2. The van der Waals surface area contributed by atoms with E-state index in [1.165, 1.54) is 47.9 Å². The number of hydrogen-bond donors (Lipinski definition) is 1. The van der Waals surface area contributed by atoms with E-state index >= 15 is 0 Å². The number of aliphatic hydroxyl groups is 1. The van der Waals surface area contributed by atoms with Gasteiger partial charge >= 0.3 is 0 Å². The number of benzene rings is 1. The lowest BCUT2D eigenvalue weighted by Gasteiger charge is -2.20. The molecule has 21 heavy (non-hydrogen) atoms. The molecule has 0 aliphatic heterocycles. The summed E-state index contributed by atoms with van der Waals surface area (Å²) in [7, 11) is 0. The summed E-state index contributed by atoms with van der Waals surface area (Å²) in [5.41, 5.74) is 5.34. The van der Waals surface area contributed by atoms with Crippen LogP contribution >= 0.6 is 0 Å². The van der Waals surface area contributed by atoms with Crippen molar-refractivity contribution >= 4 is 0 Å². The second-order valence-corrected chi connectivity index (χ2v) is 6.11. The smallest absolute Gasteiger partial charge is 0.0795 e. The van der Waals surface area contributed by atoms with Gasteiger partial charge in [0.1, 0.15) is 0 Å². The van der Waals surface area contributed by atoms with E-state index in [4.69, 9.17) is 0 Å². The Morgan fingerprint density at radius 1 is 0.810 bits per heavy atom. The molecule has 0 aromatic heterocycles. The molecule has 0 aliphatic rings. The lowest BCUT2D eigenvalue weighted by atomic mass is 9.88. The topological polar surface area (TPSA) is 20.2 Å². The van der Waals surface area contributed by atoms with E-state index in [1.807, 2.05) is 0 Å². The van der Waals surface area contributed by atoms with Crippen LogP contribution in [0, 0.1) is 0 Å². The highest BCUT2D eigenvalue weighted by Gasteiger charge is 2.16. The number of aliphatic hydroxyl groups excluding tert-OH is 1. The van der Waals surface area contributed by atoms with E-state index < -0.39 is 0 Å². The molecule has 0 amide bonds. The van der Waals surface area contributed by atoms with E-state index in [0.29, 0.717) is 0 Å². The van der Waals surface area contributed by atoms with Gasteiger partial charge in [0.25, 0.3) is 0 Å². The Morgan fingerprint density at radius 3 is 1.86 bits per heavy atom. The molecular weight excluding hydrogens is 256 g/mol. The molecule has 0 heterocycles. The molecule has 1 N–H and O–H groups in total. The first kappa shape index (κ1) is 18.2. The fraction of sp³-hybridized carbons (Fsp3) is 0.700. The van der Waals surface area contributed by atoms with Gasteiger partial charge in [0.2, 0.25) is 0 Å². The zero-order valence-electron chi connectivity index (χ0n) is 14.5. The molecule has 1 unspecified atom stereocenters. The minimum absolute atomic E-state index is 0.276. The standard InChI is InChI=1S/C20H34O/c1-5-9-10-11-12-13-19(21)20-17(7-3)14-16(6-2)15-18(20)8-4/h14-15,19,21H,5-13H2,1-4H3. The van der Waals surface area contributed by atoms with Crippen molar-refractivity contribution in [1.82, 2.24) is 0 Å². The maximum absolute atomic E-state index is 10.7. The summed E-state index contributed by atoms with van der Waals surface area (Å²) in [4.78, 5) is 0. The van der Waals surface area contributed by atoms with Crippen LogP contribution in [0.15, 0.2) is 12.1 Å². The molecule has 0 bridgehead atoms. The number of aryl methyl sites for hydroxylation is 3. The Labute approximate surface area is 131 Å². The van der Waals surface area contributed by atoms with Crippen molar-refractivity contribution in [3.63, 3.8) is 0 Å². The van der Waals surface area contributed by atoms with Crippen LogP contribution in [0.1, 0.15) is 94.6 Å². The lowest BCUT2D eigenvalue weighted by molar-refractivity contribution is 0.161. The van der Waals surface area contributed by atoms with Gasteiger partial charge in [0.15, 0.2) is 0 Å². The average Bonchev–Trinajstić information content (AvgIpc) is 2.52. The Morgan fingerprint density at radius 2 is 1.38 bits per heavy atom. The molecule has 0 saturated heterocycles. The zero-order valence-corrected chi connectivity index (χ0v) is 14.5. The predicted molar refractivity (Wildman–Crippen MR) is 92.9 cm³/mol. The SMILES string of the molecule is CCCCCCCC(O)c1c(CC)cc(CC)cc1CC. The third-order valence-electron chi connectivity index (χ3n) is 4.50. The second kappa shape index (κ2) is 10.00. The third-order valence-corrected chi connectivity index (χ3v) is 4.50. The number of unbranched alkanes of at least 4 members (excludes halogenated alkanes) is 4. The van der Waals surface area contributed by atoms with Crippen molar-refractivity contribution in [3.8, 4) is 0 Å². The molecule has 0 radical (unpaired) electrons. The van der Waals surface area contributed by atoms with E-state index in [1.54, 1.807) is 0 Å². The number of hydrogen-bond acceptors (Lipinski definition) is 1. The molecule has 0 fully saturated rings. The minimum atomic E-state index is -0.276. The van der Waals surface area contributed by atoms with E-state index in [-0.39, 0.29) is 6.10 Å². The fourth-order valence-corrected chi connectivity index (χ4v) is 3.15. The maximum Gasteiger partial charge on any atom is 0.0795 e. The Balaban J connectivity index is 2.79. The Kier molecular flexibility index (Phi) is 8.68. The average molecular weight is 290 g/mol. The summed E-state index contributed by atoms with van der Waals surface area (Å²) in [5, 5.41) is 10.7. The van der Waals surface area contributed by atoms with Gasteiger partial charge in [0, 0.05) is 0 Å². The van der Waals surface area contributed by atoms with Crippen molar-refractivity contribution in [2.75, 3.05) is 0 Å². The van der Waals surface area contributed by atoms with Gasteiger partial charge in [-0.2, -0.15) is 0 Å². The molecular formula is C20H34O. The summed E-state index contributed by atoms with van der Waals surface area (Å²) in [6, 6.07) is 4.60. The molecule has 120 valence electrons. The monoisotopic (exact) mass is 290 g/mol. The van der Waals surface area contributed by atoms with Crippen molar-refractivity contribution in [1.29, 1.82) is 0 Å². The molecule has 1 aromatic carbocycles. The van der Waals surface area contributed by atoms with Crippen LogP contribution in [0.5, 0.6) is 0 Å². The van der Waals surface area contributed by atoms with Crippen LogP contribution in [0.4, 0.5) is 0 Å². The first-order valence-electron chi connectivity index (χ1n) is 9.00. The predicted octanol–water partition coefficient (Wildman–Crippen LogP) is 5.77. The highest BCUT2D eigenvalue weighted by molar-refractivity contribution is 5.41. The summed E-state index contributed by atoms with van der Waals surface area (Å²) in [5.74, 6) is 0. The van der Waals surface area contributed by atoms with E-state index in [2.05, 4.69) is 39.8 Å². The van der Waals surface area contributed by atoms with Gasteiger partial charge in [-0.15, -0.1) is 0 Å². The van der Waals surface area contributed by atoms with Crippen LogP contribution in [0.25, 0.3) is 0 Å². The largest absolute Gasteiger partial charge is 0.388 e. The van der Waals surface area contributed by atoms with Crippen molar-refractivity contribution in [3.05, 3.63) is 34.4 Å². The third kappa shape index (κ3) is 5.47. The summed E-state index contributed by atoms with van der Waals surface area (Å²) < 4.78 is 0. The molecule has 1 nitrogen and oxygen atoms in total. The second-order valence-electron chi connectivity index (χ2n) is 6.11. The summed E-state index contributed by atoms with van der Waals surface area (Å²) in [6.45, 7) is 8.85. The molecule has 1 heteroatoms. The van der Waals surface area contributed by atoms with Crippen LogP contribution in [0.3, 0.4) is 0 Å². The van der Waals surface area contributed by atoms with Crippen molar-refractivity contribution < 1.29 is 5.11 Å². The van der Waals surface area contributed by atoms with Crippen LogP contribution < -0.4 is 0 Å².